The number of hydrogen-bond acceptors (Lipinski definition) is 3. The summed E-state index contributed by atoms with van der Waals surface area (Å²) in [5, 5.41) is 0. The molecule has 0 atom stereocenters. The van der Waals surface area contributed by atoms with Gasteiger partial charge in [0.2, 0.25) is 0 Å². The van der Waals surface area contributed by atoms with E-state index in [9.17, 15) is 0 Å². The molecular weight excluding hydrogens is 294 g/mol. The number of halogens is 1. The van der Waals surface area contributed by atoms with Crippen molar-refractivity contribution < 1.29 is 9.47 Å². The molecular formula is C14H14BrNO2. The van der Waals surface area contributed by atoms with E-state index in [0.29, 0.717) is 24.7 Å². The maximum absolute atomic E-state index is 5.76. The Morgan fingerprint density at radius 1 is 0.833 bits per heavy atom. The largest absolute Gasteiger partial charge is 0.489 e. The number of nitrogen functional groups attached to an aromatic ring is 1. The van der Waals surface area contributed by atoms with Gasteiger partial charge in [-0.3, -0.25) is 0 Å². The van der Waals surface area contributed by atoms with Crippen LogP contribution in [0.25, 0.3) is 0 Å². The molecule has 94 valence electrons. The Hall–Kier alpha value is -1.68. The molecule has 2 aromatic carbocycles. The van der Waals surface area contributed by atoms with E-state index in [1.165, 1.54) is 0 Å². The zero-order valence-corrected chi connectivity index (χ0v) is 11.4. The SMILES string of the molecule is Nc1ccccc1OCCOc1ccccc1Br. The molecule has 0 aliphatic carbocycles. The summed E-state index contributed by atoms with van der Waals surface area (Å²) in [5.74, 6) is 1.50. The quantitative estimate of drug-likeness (QED) is 0.679. The van der Waals surface area contributed by atoms with Gasteiger partial charge < -0.3 is 15.2 Å². The number of nitrogens with two attached hydrogens (primary N) is 1. The zero-order chi connectivity index (χ0) is 12.8. The van der Waals surface area contributed by atoms with E-state index >= 15 is 0 Å². The third-order valence-corrected chi connectivity index (χ3v) is 3.01. The van der Waals surface area contributed by atoms with Crippen LogP contribution < -0.4 is 15.2 Å². The molecule has 0 fully saturated rings. The highest BCUT2D eigenvalue weighted by Crippen LogP contribution is 2.24. The van der Waals surface area contributed by atoms with Gasteiger partial charge in [-0.25, -0.2) is 0 Å². The Morgan fingerprint density at radius 3 is 2.06 bits per heavy atom. The fourth-order valence-corrected chi connectivity index (χ4v) is 1.88. The van der Waals surface area contributed by atoms with Gasteiger partial charge >= 0.3 is 0 Å². The third-order valence-electron chi connectivity index (χ3n) is 2.35. The Labute approximate surface area is 115 Å². The molecule has 0 radical (unpaired) electrons. The Morgan fingerprint density at radius 2 is 1.39 bits per heavy atom. The monoisotopic (exact) mass is 307 g/mol. The molecule has 18 heavy (non-hydrogen) atoms. The van der Waals surface area contributed by atoms with E-state index in [2.05, 4.69) is 15.9 Å². The van der Waals surface area contributed by atoms with Gasteiger partial charge in [-0.05, 0) is 40.2 Å². The van der Waals surface area contributed by atoms with Crippen molar-refractivity contribution in [1.29, 1.82) is 0 Å². The van der Waals surface area contributed by atoms with Gasteiger partial charge in [-0.1, -0.05) is 24.3 Å². The van der Waals surface area contributed by atoms with Crippen LogP contribution in [0.2, 0.25) is 0 Å². The number of rotatable bonds is 5. The Kier molecular flexibility index (Phi) is 4.47. The van der Waals surface area contributed by atoms with Gasteiger partial charge in [0.1, 0.15) is 24.7 Å². The first-order valence-electron chi connectivity index (χ1n) is 5.62. The van der Waals surface area contributed by atoms with Crippen molar-refractivity contribution in [3.8, 4) is 11.5 Å². The molecule has 0 saturated carbocycles. The molecule has 0 amide bonds. The van der Waals surface area contributed by atoms with Crippen LogP contribution in [0.4, 0.5) is 5.69 Å². The molecule has 3 nitrogen and oxygen atoms in total. The number of anilines is 1. The molecule has 4 heteroatoms. The first kappa shape index (κ1) is 12.8. The van der Waals surface area contributed by atoms with E-state index in [-0.39, 0.29) is 0 Å². The minimum absolute atomic E-state index is 0.454. The molecule has 2 rings (SSSR count). The fourth-order valence-electron chi connectivity index (χ4n) is 1.48. The van der Waals surface area contributed by atoms with Crippen LogP contribution in [0.1, 0.15) is 0 Å². The smallest absolute Gasteiger partial charge is 0.142 e. The van der Waals surface area contributed by atoms with E-state index in [4.69, 9.17) is 15.2 Å². The van der Waals surface area contributed by atoms with Crippen LogP contribution in [0.15, 0.2) is 53.0 Å². The van der Waals surface area contributed by atoms with Crippen molar-refractivity contribution in [2.24, 2.45) is 0 Å². The van der Waals surface area contributed by atoms with Gasteiger partial charge in [0, 0.05) is 0 Å². The molecule has 2 aromatic rings. The lowest BCUT2D eigenvalue weighted by molar-refractivity contribution is 0.217. The van der Waals surface area contributed by atoms with Crippen LogP contribution in [0.3, 0.4) is 0 Å². The van der Waals surface area contributed by atoms with E-state index < -0.39 is 0 Å². The van der Waals surface area contributed by atoms with Crippen LogP contribution >= 0.6 is 15.9 Å². The Bertz CT molecular complexity index is 469. The average Bonchev–Trinajstić information content (AvgIpc) is 2.38. The van der Waals surface area contributed by atoms with Crippen molar-refractivity contribution in [3.05, 3.63) is 53.0 Å². The maximum Gasteiger partial charge on any atom is 0.142 e. The molecule has 0 aliphatic heterocycles. The summed E-state index contributed by atoms with van der Waals surface area (Å²) in [6, 6.07) is 15.1. The first-order valence-corrected chi connectivity index (χ1v) is 6.41. The van der Waals surface area contributed by atoms with Crippen molar-refractivity contribution in [2.45, 2.75) is 0 Å². The number of benzene rings is 2. The van der Waals surface area contributed by atoms with Gasteiger partial charge in [0.15, 0.2) is 0 Å². The zero-order valence-electron chi connectivity index (χ0n) is 9.80. The van der Waals surface area contributed by atoms with Crippen LogP contribution in [-0.2, 0) is 0 Å². The second-order valence-electron chi connectivity index (χ2n) is 3.67. The molecule has 0 aromatic heterocycles. The molecule has 2 N–H and O–H groups in total. The van der Waals surface area contributed by atoms with Crippen molar-refractivity contribution in [2.75, 3.05) is 18.9 Å². The van der Waals surface area contributed by atoms with Crippen molar-refractivity contribution in [1.82, 2.24) is 0 Å². The van der Waals surface area contributed by atoms with Gasteiger partial charge in [0.25, 0.3) is 0 Å². The molecule has 0 spiro atoms. The summed E-state index contributed by atoms with van der Waals surface area (Å²) in [7, 11) is 0. The average molecular weight is 308 g/mol. The highest BCUT2D eigenvalue weighted by molar-refractivity contribution is 9.10. The lowest BCUT2D eigenvalue weighted by Gasteiger charge is -2.10. The van der Waals surface area contributed by atoms with E-state index in [0.717, 1.165) is 10.2 Å². The minimum atomic E-state index is 0.454. The van der Waals surface area contributed by atoms with Gasteiger partial charge in [-0.2, -0.15) is 0 Å². The van der Waals surface area contributed by atoms with E-state index in [1.54, 1.807) is 0 Å². The summed E-state index contributed by atoms with van der Waals surface area (Å²) in [6.45, 7) is 0.923. The highest BCUT2D eigenvalue weighted by Gasteiger charge is 2.00. The second-order valence-corrected chi connectivity index (χ2v) is 4.52. The highest BCUT2D eigenvalue weighted by atomic mass is 79.9. The summed E-state index contributed by atoms with van der Waals surface area (Å²) in [6.07, 6.45) is 0. The first-order chi connectivity index (χ1) is 8.77. The van der Waals surface area contributed by atoms with Crippen LogP contribution in [0, 0.1) is 0 Å². The molecule has 0 bridgehead atoms. The van der Waals surface area contributed by atoms with Gasteiger partial charge in [-0.15, -0.1) is 0 Å². The third kappa shape index (κ3) is 3.40. The topological polar surface area (TPSA) is 44.5 Å². The van der Waals surface area contributed by atoms with Crippen LogP contribution in [0.5, 0.6) is 11.5 Å². The summed E-state index contributed by atoms with van der Waals surface area (Å²) in [5.41, 5.74) is 6.40. The molecule has 0 unspecified atom stereocenters. The predicted molar refractivity (Wildman–Crippen MR) is 76.0 cm³/mol. The summed E-state index contributed by atoms with van der Waals surface area (Å²) < 4.78 is 12.1. The minimum Gasteiger partial charge on any atom is -0.489 e. The van der Waals surface area contributed by atoms with E-state index in [1.807, 2.05) is 48.5 Å². The predicted octanol–water partition coefficient (Wildman–Crippen LogP) is 3.49. The molecule has 0 aliphatic rings. The fraction of sp³-hybridized carbons (Fsp3) is 0.143. The second kappa shape index (κ2) is 6.31. The molecule has 0 heterocycles. The normalized spacial score (nSPS) is 10.1. The number of hydrogen-bond donors (Lipinski definition) is 1. The standard InChI is InChI=1S/C14H14BrNO2/c15-11-5-1-3-7-13(11)17-9-10-18-14-8-4-2-6-12(14)16/h1-8H,9-10,16H2. The summed E-state index contributed by atoms with van der Waals surface area (Å²) in [4.78, 5) is 0. The lowest BCUT2D eigenvalue weighted by atomic mass is 10.3. The Balaban J connectivity index is 1.80. The van der Waals surface area contributed by atoms with Gasteiger partial charge in [0.05, 0.1) is 10.2 Å². The van der Waals surface area contributed by atoms with Crippen molar-refractivity contribution >= 4 is 21.6 Å². The summed E-state index contributed by atoms with van der Waals surface area (Å²) >= 11 is 3.42. The lowest BCUT2D eigenvalue weighted by Crippen LogP contribution is -2.10. The van der Waals surface area contributed by atoms with Crippen LogP contribution in [-0.4, -0.2) is 13.2 Å². The van der Waals surface area contributed by atoms with Crippen molar-refractivity contribution in [3.63, 3.8) is 0 Å². The number of ether oxygens (including phenoxy) is 2. The number of para-hydroxylation sites is 3. The molecule has 0 saturated heterocycles. The maximum atomic E-state index is 5.76.